The first kappa shape index (κ1) is 15.7. The highest BCUT2D eigenvalue weighted by Gasteiger charge is 2.37. The molecule has 1 spiro atoms. The largest absolute Gasteiger partial charge is 0.497 e. The fraction of sp³-hybridized carbons (Fsp3) is 0.588. The monoisotopic (exact) mass is 320 g/mol. The lowest BCUT2D eigenvalue weighted by Crippen LogP contribution is -2.44. The molecule has 2 saturated heterocycles. The lowest BCUT2D eigenvalue weighted by Gasteiger charge is -2.38. The highest BCUT2D eigenvalue weighted by atomic mass is 32.2. The normalized spacial score (nSPS) is 20.3. The topological polar surface area (TPSA) is 41.6 Å². The van der Waals surface area contributed by atoms with Gasteiger partial charge in [-0.05, 0) is 49.4 Å². The van der Waals surface area contributed by atoms with Crippen LogP contribution in [0.1, 0.15) is 19.3 Å². The molecule has 2 heterocycles. The third kappa shape index (κ3) is 3.58. The van der Waals surface area contributed by atoms with Crippen LogP contribution in [0.25, 0.3) is 0 Å². The molecule has 3 rings (SSSR count). The molecule has 0 bridgehead atoms. The second kappa shape index (κ2) is 6.92. The molecule has 1 N–H and O–H groups in total. The van der Waals surface area contributed by atoms with Gasteiger partial charge in [-0.1, -0.05) is 6.07 Å². The fourth-order valence-electron chi connectivity index (χ4n) is 3.38. The van der Waals surface area contributed by atoms with Gasteiger partial charge in [-0.3, -0.25) is 4.79 Å². The van der Waals surface area contributed by atoms with E-state index in [0.29, 0.717) is 11.2 Å². The van der Waals surface area contributed by atoms with Crippen LogP contribution in [0.4, 0.5) is 0 Å². The number of hydrogen-bond donors (Lipinski definition) is 1. The van der Waals surface area contributed by atoms with Crippen molar-refractivity contribution in [1.82, 2.24) is 10.2 Å². The van der Waals surface area contributed by atoms with Crippen molar-refractivity contribution in [2.75, 3.05) is 39.0 Å². The van der Waals surface area contributed by atoms with Gasteiger partial charge in [-0.25, -0.2) is 0 Å². The summed E-state index contributed by atoms with van der Waals surface area (Å²) in [7, 11) is 1.66. The summed E-state index contributed by atoms with van der Waals surface area (Å²) in [5.74, 6) is 1.61. The Kier molecular flexibility index (Phi) is 4.93. The van der Waals surface area contributed by atoms with Crippen LogP contribution < -0.4 is 10.1 Å². The van der Waals surface area contributed by atoms with Crippen molar-refractivity contribution in [2.45, 2.75) is 24.2 Å². The zero-order chi connectivity index (χ0) is 15.4. The van der Waals surface area contributed by atoms with Crippen molar-refractivity contribution in [3.05, 3.63) is 24.3 Å². The van der Waals surface area contributed by atoms with Gasteiger partial charge >= 0.3 is 0 Å². The summed E-state index contributed by atoms with van der Waals surface area (Å²) in [6.07, 6.45) is 3.57. The summed E-state index contributed by atoms with van der Waals surface area (Å²) in [5, 5.41) is 3.46. The van der Waals surface area contributed by atoms with Crippen LogP contribution in [0, 0.1) is 5.41 Å². The zero-order valence-electron chi connectivity index (χ0n) is 13.1. The van der Waals surface area contributed by atoms with Crippen LogP contribution in [-0.2, 0) is 4.79 Å². The molecule has 0 unspecified atom stereocenters. The molecule has 0 radical (unpaired) electrons. The maximum absolute atomic E-state index is 12.4. The standard InChI is InChI=1S/C17H24N2O2S/c1-21-14-3-2-4-15(11-14)22-12-16(20)19-9-6-17(7-10-19)5-8-18-13-17/h2-4,11,18H,5-10,12-13H2,1H3. The van der Waals surface area contributed by atoms with E-state index >= 15 is 0 Å². The van der Waals surface area contributed by atoms with Crippen molar-refractivity contribution < 1.29 is 9.53 Å². The fourth-order valence-corrected chi connectivity index (χ4v) is 4.23. The van der Waals surface area contributed by atoms with E-state index in [4.69, 9.17) is 4.74 Å². The van der Waals surface area contributed by atoms with Gasteiger partial charge in [0.25, 0.3) is 0 Å². The van der Waals surface area contributed by atoms with Gasteiger partial charge < -0.3 is 15.0 Å². The molecule has 2 aliphatic rings. The predicted octanol–water partition coefficient (Wildman–Crippen LogP) is 2.39. The minimum absolute atomic E-state index is 0.258. The maximum atomic E-state index is 12.4. The maximum Gasteiger partial charge on any atom is 0.232 e. The van der Waals surface area contributed by atoms with Crippen molar-refractivity contribution in [2.24, 2.45) is 5.41 Å². The molecule has 5 heteroatoms. The van der Waals surface area contributed by atoms with Gasteiger partial charge in [0.15, 0.2) is 0 Å². The van der Waals surface area contributed by atoms with Crippen molar-refractivity contribution >= 4 is 17.7 Å². The lowest BCUT2D eigenvalue weighted by molar-refractivity contribution is -0.130. The van der Waals surface area contributed by atoms with Gasteiger partial charge in [-0.2, -0.15) is 0 Å². The molecule has 2 fully saturated rings. The number of piperidine rings is 1. The minimum Gasteiger partial charge on any atom is -0.497 e. The number of amides is 1. The molecule has 0 aliphatic carbocycles. The number of likely N-dealkylation sites (tertiary alicyclic amines) is 1. The van der Waals surface area contributed by atoms with E-state index < -0.39 is 0 Å². The van der Waals surface area contributed by atoms with Gasteiger partial charge in [0, 0.05) is 24.5 Å². The molecule has 0 aromatic heterocycles. The molecule has 0 atom stereocenters. The number of hydrogen-bond acceptors (Lipinski definition) is 4. The van der Waals surface area contributed by atoms with Crippen LogP contribution in [0.15, 0.2) is 29.2 Å². The molecular formula is C17H24N2O2S. The van der Waals surface area contributed by atoms with Gasteiger partial charge in [0.05, 0.1) is 12.9 Å². The zero-order valence-corrected chi connectivity index (χ0v) is 14.0. The lowest BCUT2D eigenvalue weighted by atomic mass is 9.78. The van der Waals surface area contributed by atoms with Crippen LogP contribution >= 0.6 is 11.8 Å². The number of nitrogens with one attached hydrogen (secondary N) is 1. The number of methoxy groups -OCH3 is 1. The number of ether oxygens (including phenoxy) is 1. The van der Waals surface area contributed by atoms with Crippen LogP contribution in [0.2, 0.25) is 0 Å². The van der Waals surface area contributed by atoms with E-state index in [2.05, 4.69) is 5.32 Å². The Morgan fingerprint density at radius 3 is 2.86 bits per heavy atom. The van der Waals surface area contributed by atoms with Crippen LogP contribution in [-0.4, -0.2) is 49.8 Å². The second-order valence-electron chi connectivity index (χ2n) is 6.28. The quantitative estimate of drug-likeness (QED) is 0.865. The summed E-state index contributed by atoms with van der Waals surface area (Å²) in [4.78, 5) is 15.5. The molecule has 1 amide bonds. The van der Waals surface area contributed by atoms with Crippen LogP contribution in [0.3, 0.4) is 0 Å². The van der Waals surface area contributed by atoms with Crippen molar-refractivity contribution in [1.29, 1.82) is 0 Å². The van der Waals surface area contributed by atoms with Gasteiger partial charge in [0.1, 0.15) is 5.75 Å². The molecule has 120 valence electrons. The Morgan fingerprint density at radius 2 is 2.18 bits per heavy atom. The molecule has 2 aliphatic heterocycles. The number of nitrogens with zero attached hydrogens (tertiary/aromatic N) is 1. The summed E-state index contributed by atoms with van der Waals surface area (Å²) in [5.41, 5.74) is 0.469. The van der Waals surface area contributed by atoms with E-state index in [-0.39, 0.29) is 5.91 Å². The van der Waals surface area contributed by atoms with Crippen molar-refractivity contribution in [3.63, 3.8) is 0 Å². The molecule has 0 saturated carbocycles. The number of thioether (sulfide) groups is 1. The molecule has 1 aromatic rings. The third-order valence-electron chi connectivity index (χ3n) is 4.91. The number of carbonyl (C=O) groups is 1. The Labute approximate surface area is 136 Å². The van der Waals surface area contributed by atoms with E-state index in [1.165, 1.54) is 6.42 Å². The van der Waals surface area contributed by atoms with Crippen molar-refractivity contribution in [3.8, 4) is 5.75 Å². The smallest absolute Gasteiger partial charge is 0.232 e. The highest BCUT2D eigenvalue weighted by Crippen LogP contribution is 2.37. The minimum atomic E-state index is 0.258. The third-order valence-corrected chi connectivity index (χ3v) is 5.89. The van der Waals surface area contributed by atoms with E-state index in [1.54, 1.807) is 18.9 Å². The Bertz CT molecular complexity index is 519. The second-order valence-corrected chi connectivity index (χ2v) is 7.32. The van der Waals surface area contributed by atoms with E-state index in [9.17, 15) is 4.79 Å². The Morgan fingerprint density at radius 1 is 1.36 bits per heavy atom. The first-order valence-electron chi connectivity index (χ1n) is 7.96. The summed E-state index contributed by atoms with van der Waals surface area (Å²) in [6.45, 7) is 4.10. The number of carbonyl (C=O) groups excluding carboxylic acids is 1. The molecule has 22 heavy (non-hydrogen) atoms. The number of benzene rings is 1. The molecule has 1 aromatic carbocycles. The Balaban J connectivity index is 1.48. The van der Waals surface area contributed by atoms with Gasteiger partial charge in [-0.15, -0.1) is 11.8 Å². The molecule has 4 nitrogen and oxygen atoms in total. The van der Waals surface area contributed by atoms with E-state index in [1.807, 2.05) is 29.2 Å². The van der Waals surface area contributed by atoms with Gasteiger partial charge in [0.2, 0.25) is 5.91 Å². The van der Waals surface area contributed by atoms with E-state index in [0.717, 1.165) is 49.7 Å². The average molecular weight is 320 g/mol. The summed E-state index contributed by atoms with van der Waals surface area (Å²) in [6, 6.07) is 7.89. The highest BCUT2D eigenvalue weighted by molar-refractivity contribution is 8.00. The summed E-state index contributed by atoms with van der Waals surface area (Å²) < 4.78 is 5.22. The first-order chi connectivity index (χ1) is 10.7. The average Bonchev–Trinajstić information content (AvgIpc) is 3.01. The Hall–Kier alpha value is -1.20. The SMILES string of the molecule is COc1cccc(SCC(=O)N2CCC3(CCNC3)CC2)c1. The predicted molar refractivity (Wildman–Crippen MR) is 89.5 cm³/mol. The summed E-state index contributed by atoms with van der Waals surface area (Å²) >= 11 is 1.59. The number of rotatable bonds is 4. The first-order valence-corrected chi connectivity index (χ1v) is 8.95. The molecular weight excluding hydrogens is 296 g/mol. The van der Waals surface area contributed by atoms with Crippen LogP contribution in [0.5, 0.6) is 5.75 Å².